The van der Waals surface area contributed by atoms with E-state index in [-0.39, 0.29) is 12.6 Å². The van der Waals surface area contributed by atoms with Gasteiger partial charge in [0.1, 0.15) is 0 Å². The number of halogens is 1. The molecule has 1 aromatic carbocycles. The number of hydrogen-bond donors (Lipinski definition) is 2. The number of likely N-dealkylation sites (tertiary alicyclic amines) is 1. The van der Waals surface area contributed by atoms with Crippen molar-refractivity contribution in [1.29, 1.82) is 0 Å². The van der Waals surface area contributed by atoms with E-state index in [1.54, 1.807) is 4.90 Å². The zero-order valence-electron chi connectivity index (χ0n) is 12.9. The number of carboxylic acids is 1. The summed E-state index contributed by atoms with van der Waals surface area (Å²) < 4.78 is 0. The van der Waals surface area contributed by atoms with E-state index in [1.807, 2.05) is 26.0 Å². The Morgan fingerprint density at radius 3 is 2.64 bits per heavy atom. The Hall–Kier alpha value is -1.75. The van der Waals surface area contributed by atoms with Gasteiger partial charge in [-0.25, -0.2) is 4.79 Å². The maximum Gasteiger partial charge on any atom is 0.321 e. The molecule has 120 valence electrons. The van der Waals surface area contributed by atoms with Gasteiger partial charge in [-0.05, 0) is 36.5 Å². The molecule has 1 atom stereocenters. The highest BCUT2D eigenvalue weighted by Gasteiger charge is 2.31. The van der Waals surface area contributed by atoms with Crippen LogP contribution in [0, 0.1) is 5.92 Å². The van der Waals surface area contributed by atoms with Crippen LogP contribution in [-0.4, -0.2) is 35.1 Å². The molecule has 2 amide bonds. The SMILES string of the molecule is CCc1ccc(Cl)c(CC)c1NC(=O)N1CCC(C(=O)O)C1. The Kier molecular flexibility index (Phi) is 5.29. The fourth-order valence-electron chi connectivity index (χ4n) is 2.80. The molecule has 5 nitrogen and oxygen atoms in total. The molecular formula is C16H21ClN2O3. The van der Waals surface area contributed by atoms with Crippen molar-refractivity contribution >= 4 is 29.3 Å². The van der Waals surface area contributed by atoms with Crippen molar-refractivity contribution in [2.75, 3.05) is 18.4 Å². The Morgan fingerprint density at radius 2 is 2.09 bits per heavy atom. The highest BCUT2D eigenvalue weighted by atomic mass is 35.5. The Labute approximate surface area is 135 Å². The van der Waals surface area contributed by atoms with Crippen LogP contribution in [0.1, 0.15) is 31.4 Å². The van der Waals surface area contributed by atoms with Crippen molar-refractivity contribution in [3.63, 3.8) is 0 Å². The zero-order valence-corrected chi connectivity index (χ0v) is 13.6. The summed E-state index contributed by atoms with van der Waals surface area (Å²) in [5, 5.41) is 12.6. The Bertz CT molecular complexity index is 589. The average molecular weight is 325 g/mol. The lowest BCUT2D eigenvalue weighted by atomic mass is 10.0. The van der Waals surface area contributed by atoms with Gasteiger partial charge in [0.15, 0.2) is 0 Å². The maximum absolute atomic E-state index is 12.4. The molecule has 1 fully saturated rings. The number of rotatable bonds is 4. The Balaban J connectivity index is 2.18. The molecule has 0 saturated carbocycles. The van der Waals surface area contributed by atoms with Crippen LogP contribution in [-0.2, 0) is 17.6 Å². The van der Waals surface area contributed by atoms with Crippen LogP contribution < -0.4 is 5.32 Å². The number of carbonyl (C=O) groups is 2. The lowest BCUT2D eigenvalue weighted by molar-refractivity contribution is -0.141. The molecule has 1 aliphatic rings. The van der Waals surface area contributed by atoms with E-state index in [1.165, 1.54) is 0 Å². The second-order valence-corrected chi connectivity index (χ2v) is 5.87. The summed E-state index contributed by atoms with van der Waals surface area (Å²) in [6, 6.07) is 3.52. The molecule has 1 aromatic rings. The molecule has 0 radical (unpaired) electrons. The van der Waals surface area contributed by atoms with Crippen molar-refractivity contribution in [1.82, 2.24) is 4.90 Å². The summed E-state index contributed by atoms with van der Waals surface area (Å²) in [6.45, 7) is 4.73. The van der Waals surface area contributed by atoms with E-state index in [9.17, 15) is 9.59 Å². The molecule has 1 aliphatic heterocycles. The quantitative estimate of drug-likeness (QED) is 0.891. The summed E-state index contributed by atoms with van der Waals surface area (Å²) in [6.07, 6.45) is 2.01. The number of benzene rings is 1. The van der Waals surface area contributed by atoms with Gasteiger partial charge in [-0.3, -0.25) is 4.79 Å². The van der Waals surface area contributed by atoms with Gasteiger partial charge < -0.3 is 15.3 Å². The highest BCUT2D eigenvalue weighted by molar-refractivity contribution is 6.32. The van der Waals surface area contributed by atoms with Crippen molar-refractivity contribution in [3.8, 4) is 0 Å². The number of nitrogens with one attached hydrogen (secondary N) is 1. The fraction of sp³-hybridized carbons (Fsp3) is 0.500. The summed E-state index contributed by atoms with van der Waals surface area (Å²) in [5.41, 5.74) is 2.72. The first-order valence-corrected chi connectivity index (χ1v) is 7.94. The van der Waals surface area contributed by atoms with Gasteiger partial charge in [0, 0.05) is 18.1 Å². The maximum atomic E-state index is 12.4. The summed E-state index contributed by atoms with van der Waals surface area (Å²) in [4.78, 5) is 25.0. The molecule has 22 heavy (non-hydrogen) atoms. The lowest BCUT2D eigenvalue weighted by Gasteiger charge is -2.21. The van der Waals surface area contributed by atoms with Gasteiger partial charge in [0.2, 0.25) is 0 Å². The predicted molar refractivity (Wildman–Crippen MR) is 86.5 cm³/mol. The van der Waals surface area contributed by atoms with Gasteiger partial charge in [0.05, 0.1) is 11.6 Å². The van der Waals surface area contributed by atoms with Crippen molar-refractivity contribution in [2.24, 2.45) is 5.92 Å². The van der Waals surface area contributed by atoms with E-state index in [4.69, 9.17) is 16.7 Å². The van der Waals surface area contributed by atoms with Gasteiger partial charge >= 0.3 is 12.0 Å². The fourth-order valence-corrected chi connectivity index (χ4v) is 3.09. The Morgan fingerprint density at radius 1 is 1.36 bits per heavy atom. The first-order valence-electron chi connectivity index (χ1n) is 7.56. The smallest absolute Gasteiger partial charge is 0.321 e. The third-order valence-corrected chi connectivity index (χ3v) is 4.49. The minimum absolute atomic E-state index is 0.254. The van der Waals surface area contributed by atoms with E-state index < -0.39 is 11.9 Å². The second-order valence-electron chi connectivity index (χ2n) is 5.47. The van der Waals surface area contributed by atoms with Crippen molar-refractivity contribution < 1.29 is 14.7 Å². The summed E-state index contributed by atoms with van der Waals surface area (Å²) in [7, 11) is 0. The predicted octanol–water partition coefficient (Wildman–Crippen LogP) is 3.40. The van der Waals surface area contributed by atoms with Crippen LogP contribution >= 0.6 is 11.6 Å². The molecule has 1 unspecified atom stereocenters. The van der Waals surface area contributed by atoms with Crippen LogP contribution in [0.3, 0.4) is 0 Å². The molecule has 0 spiro atoms. The minimum Gasteiger partial charge on any atom is -0.481 e. The van der Waals surface area contributed by atoms with Crippen LogP contribution in [0.5, 0.6) is 0 Å². The first kappa shape index (κ1) is 16.6. The number of hydrogen-bond acceptors (Lipinski definition) is 2. The normalized spacial score (nSPS) is 17.6. The molecule has 1 saturated heterocycles. The van der Waals surface area contributed by atoms with E-state index in [0.29, 0.717) is 18.0 Å². The molecule has 2 N–H and O–H groups in total. The number of urea groups is 1. The van der Waals surface area contributed by atoms with Crippen LogP contribution in [0.25, 0.3) is 0 Å². The third kappa shape index (κ3) is 3.35. The summed E-state index contributed by atoms with van der Waals surface area (Å²) >= 11 is 6.22. The van der Waals surface area contributed by atoms with Crippen LogP contribution in [0.2, 0.25) is 5.02 Å². The zero-order chi connectivity index (χ0) is 16.3. The van der Waals surface area contributed by atoms with Crippen molar-refractivity contribution in [3.05, 3.63) is 28.3 Å². The number of anilines is 1. The number of nitrogens with zero attached hydrogens (tertiary/aromatic N) is 1. The third-order valence-electron chi connectivity index (χ3n) is 4.13. The topological polar surface area (TPSA) is 69.6 Å². The molecule has 0 bridgehead atoms. The van der Waals surface area contributed by atoms with Crippen LogP contribution in [0.15, 0.2) is 12.1 Å². The monoisotopic (exact) mass is 324 g/mol. The second kappa shape index (κ2) is 7.01. The lowest BCUT2D eigenvalue weighted by Crippen LogP contribution is -2.34. The highest BCUT2D eigenvalue weighted by Crippen LogP contribution is 2.30. The molecule has 2 rings (SSSR count). The number of aryl methyl sites for hydroxylation is 1. The summed E-state index contributed by atoms with van der Waals surface area (Å²) in [5.74, 6) is -1.32. The first-order chi connectivity index (χ1) is 10.5. The molecule has 0 aliphatic carbocycles. The van der Waals surface area contributed by atoms with E-state index in [2.05, 4.69) is 5.32 Å². The molecular weight excluding hydrogens is 304 g/mol. The number of carbonyl (C=O) groups excluding carboxylic acids is 1. The number of amides is 2. The standard InChI is InChI=1S/C16H21ClN2O3/c1-3-10-5-6-13(17)12(4-2)14(10)18-16(22)19-8-7-11(9-19)15(20)21/h5-6,11H,3-4,7-9H2,1-2H3,(H,18,22)(H,20,21). The van der Waals surface area contributed by atoms with E-state index in [0.717, 1.165) is 29.7 Å². The van der Waals surface area contributed by atoms with Gasteiger partial charge in [-0.2, -0.15) is 0 Å². The number of carboxylic acid groups (broad SMARTS) is 1. The average Bonchev–Trinajstić information content (AvgIpc) is 2.98. The largest absolute Gasteiger partial charge is 0.481 e. The molecule has 6 heteroatoms. The van der Waals surface area contributed by atoms with Crippen molar-refractivity contribution in [2.45, 2.75) is 33.1 Å². The molecule has 0 aromatic heterocycles. The number of aliphatic carboxylic acids is 1. The van der Waals surface area contributed by atoms with Crippen LogP contribution in [0.4, 0.5) is 10.5 Å². The van der Waals surface area contributed by atoms with Gasteiger partial charge in [-0.1, -0.05) is 31.5 Å². The van der Waals surface area contributed by atoms with Gasteiger partial charge in [0.25, 0.3) is 0 Å². The molecule has 1 heterocycles. The minimum atomic E-state index is -0.846. The van der Waals surface area contributed by atoms with E-state index >= 15 is 0 Å². The van der Waals surface area contributed by atoms with Gasteiger partial charge in [-0.15, -0.1) is 0 Å².